The number of carbonyl (C=O) groups is 1. The van der Waals surface area contributed by atoms with Gasteiger partial charge in [-0.05, 0) is 29.9 Å². The number of nitrogens with zero attached hydrogens (tertiary/aromatic N) is 1. The Morgan fingerprint density at radius 3 is 2.76 bits per heavy atom. The molecule has 2 aromatic heterocycles. The highest BCUT2D eigenvalue weighted by Gasteiger charge is 2.09. The smallest absolute Gasteiger partial charge is 0.328 e. The van der Waals surface area contributed by atoms with Crippen LogP contribution in [0.4, 0.5) is 0 Å². The van der Waals surface area contributed by atoms with Crippen LogP contribution in [0.25, 0.3) is 10.2 Å². The zero-order valence-electron chi connectivity index (χ0n) is 13.7. The third-order valence-electron chi connectivity index (χ3n) is 3.96. The number of benzene rings is 1. The molecular weight excluding hydrogens is 338 g/mol. The van der Waals surface area contributed by atoms with E-state index in [9.17, 15) is 14.4 Å². The number of aromatic nitrogens is 2. The maximum absolute atomic E-state index is 12.3. The Balaban J connectivity index is 1.49. The lowest BCUT2D eigenvalue weighted by atomic mass is 10.1. The number of thiophene rings is 1. The van der Waals surface area contributed by atoms with Crippen molar-refractivity contribution in [3.05, 3.63) is 68.2 Å². The predicted molar refractivity (Wildman–Crippen MR) is 99.1 cm³/mol. The molecule has 0 fully saturated rings. The molecule has 0 saturated heterocycles. The molecule has 0 aliphatic carbocycles. The molecule has 0 bridgehead atoms. The summed E-state index contributed by atoms with van der Waals surface area (Å²) < 4.78 is 1.70. The van der Waals surface area contributed by atoms with Crippen LogP contribution < -0.4 is 16.6 Å². The zero-order chi connectivity index (χ0) is 17.6. The number of hydrogen-bond acceptors (Lipinski definition) is 4. The van der Waals surface area contributed by atoms with Gasteiger partial charge in [-0.3, -0.25) is 14.2 Å². The van der Waals surface area contributed by atoms with Gasteiger partial charge in [-0.15, -0.1) is 11.3 Å². The molecule has 7 heteroatoms. The fourth-order valence-corrected chi connectivity index (χ4v) is 3.45. The van der Waals surface area contributed by atoms with E-state index in [1.165, 1.54) is 16.9 Å². The summed E-state index contributed by atoms with van der Waals surface area (Å²) in [6.07, 6.45) is 1.50. The van der Waals surface area contributed by atoms with Crippen LogP contribution in [0.5, 0.6) is 0 Å². The van der Waals surface area contributed by atoms with E-state index in [-0.39, 0.29) is 24.4 Å². The standard InChI is InChI=1S/C18H19N3O3S/c22-15(19-10-8-13-5-2-1-3-6-13)7-4-11-21-17(23)16-14(9-12-25-16)20-18(21)24/h1-3,5-6,9,12H,4,7-8,10-11H2,(H,19,22)(H,20,24). The van der Waals surface area contributed by atoms with Crippen LogP contribution in [-0.2, 0) is 17.8 Å². The van der Waals surface area contributed by atoms with Crippen LogP contribution in [0.15, 0.2) is 51.4 Å². The third kappa shape index (κ3) is 4.24. The van der Waals surface area contributed by atoms with E-state index in [2.05, 4.69) is 10.3 Å². The molecule has 3 rings (SSSR count). The topological polar surface area (TPSA) is 84.0 Å². The molecule has 0 radical (unpaired) electrons. The van der Waals surface area contributed by atoms with Crippen LogP contribution in [0.3, 0.4) is 0 Å². The molecule has 2 heterocycles. The molecule has 0 aliphatic heterocycles. The Labute approximate surface area is 148 Å². The number of H-pyrrole nitrogens is 1. The fourth-order valence-electron chi connectivity index (χ4n) is 2.65. The number of carbonyl (C=O) groups excluding carboxylic acids is 1. The summed E-state index contributed by atoms with van der Waals surface area (Å²) in [6, 6.07) is 11.7. The first-order valence-electron chi connectivity index (χ1n) is 8.16. The maximum Gasteiger partial charge on any atom is 0.328 e. The highest BCUT2D eigenvalue weighted by Crippen LogP contribution is 2.12. The lowest BCUT2D eigenvalue weighted by Crippen LogP contribution is -2.35. The Morgan fingerprint density at radius 2 is 1.96 bits per heavy atom. The van der Waals surface area contributed by atoms with Crippen LogP contribution in [0, 0.1) is 0 Å². The summed E-state index contributed by atoms with van der Waals surface area (Å²) in [5, 5.41) is 4.63. The first kappa shape index (κ1) is 17.2. The molecule has 0 atom stereocenters. The first-order chi connectivity index (χ1) is 12.1. The summed E-state index contributed by atoms with van der Waals surface area (Å²) in [5.74, 6) is -0.0717. The van der Waals surface area contributed by atoms with Gasteiger partial charge in [0.2, 0.25) is 5.91 Å². The van der Waals surface area contributed by atoms with Gasteiger partial charge in [0.05, 0.1) is 5.52 Å². The first-order valence-corrected chi connectivity index (χ1v) is 9.04. The number of amides is 1. The number of fused-ring (bicyclic) bond motifs is 1. The minimum atomic E-state index is -0.430. The second kappa shape index (κ2) is 7.94. The second-order valence-electron chi connectivity index (χ2n) is 5.74. The van der Waals surface area contributed by atoms with E-state index < -0.39 is 5.69 Å². The molecule has 130 valence electrons. The Morgan fingerprint density at radius 1 is 1.16 bits per heavy atom. The van der Waals surface area contributed by atoms with Gasteiger partial charge in [-0.25, -0.2) is 4.79 Å². The fraction of sp³-hybridized carbons (Fsp3) is 0.278. The molecule has 1 amide bonds. The van der Waals surface area contributed by atoms with Gasteiger partial charge < -0.3 is 10.3 Å². The largest absolute Gasteiger partial charge is 0.356 e. The summed E-state index contributed by atoms with van der Waals surface area (Å²) in [5.41, 5.74) is 1.01. The maximum atomic E-state index is 12.3. The van der Waals surface area contributed by atoms with E-state index in [1.54, 1.807) is 11.4 Å². The zero-order valence-corrected chi connectivity index (χ0v) is 14.5. The van der Waals surface area contributed by atoms with Crippen molar-refractivity contribution < 1.29 is 4.79 Å². The highest BCUT2D eigenvalue weighted by atomic mass is 32.1. The van der Waals surface area contributed by atoms with Crippen molar-refractivity contribution in [1.29, 1.82) is 0 Å². The Hall–Kier alpha value is -2.67. The van der Waals surface area contributed by atoms with Crippen molar-refractivity contribution in [2.45, 2.75) is 25.8 Å². The van der Waals surface area contributed by atoms with Crippen molar-refractivity contribution in [3.63, 3.8) is 0 Å². The number of aromatic amines is 1. The lowest BCUT2D eigenvalue weighted by molar-refractivity contribution is -0.121. The number of nitrogens with one attached hydrogen (secondary N) is 2. The van der Waals surface area contributed by atoms with Gasteiger partial charge in [0.1, 0.15) is 4.70 Å². The van der Waals surface area contributed by atoms with Gasteiger partial charge in [-0.2, -0.15) is 0 Å². The minimum Gasteiger partial charge on any atom is -0.356 e. The van der Waals surface area contributed by atoms with Gasteiger partial charge in [-0.1, -0.05) is 30.3 Å². The second-order valence-corrected chi connectivity index (χ2v) is 6.66. The average Bonchev–Trinajstić information content (AvgIpc) is 3.07. The van der Waals surface area contributed by atoms with Crippen LogP contribution >= 0.6 is 11.3 Å². The van der Waals surface area contributed by atoms with Crippen molar-refractivity contribution >= 4 is 27.5 Å². The molecule has 0 unspecified atom stereocenters. The highest BCUT2D eigenvalue weighted by molar-refractivity contribution is 7.17. The van der Waals surface area contributed by atoms with Crippen molar-refractivity contribution in [2.24, 2.45) is 0 Å². The van der Waals surface area contributed by atoms with Gasteiger partial charge in [0, 0.05) is 19.5 Å². The predicted octanol–water partition coefficient (Wildman–Crippen LogP) is 1.89. The SMILES string of the molecule is O=C(CCCn1c(=O)[nH]c2ccsc2c1=O)NCCc1ccccc1. The van der Waals surface area contributed by atoms with E-state index >= 15 is 0 Å². The lowest BCUT2D eigenvalue weighted by Gasteiger charge is -2.07. The van der Waals surface area contributed by atoms with Crippen molar-refractivity contribution in [3.8, 4) is 0 Å². The molecule has 6 nitrogen and oxygen atoms in total. The summed E-state index contributed by atoms with van der Waals surface area (Å²) >= 11 is 1.30. The van der Waals surface area contributed by atoms with Gasteiger partial charge in [0.15, 0.2) is 0 Å². The van der Waals surface area contributed by atoms with Crippen LogP contribution in [-0.4, -0.2) is 22.0 Å². The van der Waals surface area contributed by atoms with Gasteiger partial charge in [0.25, 0.3) is 5.56 Å². The summed E-state index contributed by atoms with van der Waals surface area (Å²) in [7, 11) is 0. The Bertz CT molecular complexity index is 972. The molecule has 25 heavy (non-hydrogen) atoms. The van der Waals surface area contributed by atoms with Crippen LogP contribution in [0.2, 0.25) is 0 Å². The van der Waals surface area contributed by atoms with Crippen molar-refractivity contribution in [1.82, 2.24) is 14.9 Å². The molecule has 3 aromatic rings. The Kier molecular flexibility index (Phi) is 5.45. The number of hydrogen-bond donors (Lipinski definition) is 2. The van der Waals surface area contributed by atoms with E-state index in [0.717, 1.165) is 11.0 Å². The summed E-state index contributed by atoms with van der Waals surface area (Å²) in [4.78, 5) is 38.8. The monoisotopic (exact) mass is 357 g/mol. The molecular formula is C18H19N3O3S. The molecule has 0 saturated carbocycles. The summed E-state index contributed by atoms with van der Waals surface area (Å²) in [6.45, 7) is 0.804. The molecule has 1 aromatic carbocycles. The molecule has 2 N–H and O–H groups in total. The molecule has 0 spiro atoms. The van der Waals surface area contributed by atoms with Crippen molar-refractivity contribution in [2.75, 3.05) is 6.54 Å². The third-order valence-corrected chi connectivity index (χ3v) is 4.86. The van der Waals surface area contributed by atoms with Crippen LogP contribution in [0.1, 0.15) is 18.4 Å². The minimum absolute atomic E-state index is 0.0717. The average molecular weight is 357 g/mol. The normalized spacial score (nSPS) is 10.9. The molecule has 0 aliphatic rings. The van der Waals surface area contributed by atoms with E-state index in [4.69, 9.17) is 0 Å². The number of rotatable bonds is 7. The van der Waals surface area contributed by atoms with E-state index in [0.29, 0.717) is 23.2 Å². The van der Waals surface area contributed by atoms with Gasteiger partial charge >= 0.3 is 5.69 Å². The quantitative estimate of drug-likeness (QED) is 0.677. The van der Waals surface area contributed by atoms with E-state index in [1.807, 2.05) is 30.3 Å².